The summed E-state index contributed by atoms with van der Waals surface area (Å²) in [6.45, 7) is 6.15. The van der Waals surface area contributed by atoms with E-state index >= 15 is 0 Å². The van der Waals surface area contributed by atoms with Gasteiger partial charge in [0.25, 0.3) is 0 Å². The van der Waals surface area contributed by atoms with Crippen LogP contribution in [0.3, 0.4) is 0 Å². The van der Waals surface area contributed by atoms with Crippen LogP contribution in [0.5, 0.6) is 5.75 Å². The summed E-state index contributed by atoms with van der Waals surface area (Å²) in [6.07, 6.45) is 2.51. The Bertz CT molecular complexity index is 462. The summed E-state index contributed by atoms with van der Waals surface area (Å²) in [5, 5.41) is 0. The number of benzene rings is 1. The Morgan fingerprint density at radius 2 is 2.05 bits per heavy atom. The summed E-state index contributed by atoms with van der Waals surface area (Å²) in [4.78, 5) is 14.0. The maximum absolute atomic E-state index is 12.1. The van der Waals surface area contributed by atoms with Crippen LogP contribution in [0.4, 0.5) is 0 Å². The fourth-order valence-corrected chi connectivity index (χ4v) is 2.76. The third-order valence-corrected chi connectivity index (χ3v) is 4.10. The van der Waals surface area contributed by atoms with E-state index in [1.807, 2.05) is 17.0 Å². The van der Waals surface area contributed by atoms with Crippen molar-refractivity contribution in [1.82, 2.24) is 4.90 Å². The molecule has 1 heterocycles. The molecular weight excluding hydrogens is 300 g/mol. The molecule has 0 bridgehead atoms. The second-order valence-electron chi connectivity index (χ2n) is 5.94. The third kappa shape index (κ3) is 4.89. The highest BCUT2D eigenvalue weighted by molar-refractivity contribution is 5.85. The average Bonchev–Trinajstić information content (AvgIpc) is 2.96. The second-order valence-corrected chi connectivity index (χ2v) is 5.94. The molecule has 0 aromatic heterocycles. The molecule has 0 radical (unpaired) electrons. The van der Waals surface area contributed by atoms with E-state index in [1.54, 1.807) is 0 Å². The molecule has 1 aromatic carbocycles. The van der Waals surface area contributed by atoms with Crippen LogP contribution in [0.1, 0.15) is 44.6 Å². The number of nitrogens with zero attached hydrogens (tertiary/aromatic N) is 1. The van der Waals surface area contributed by atoms with Crippen molar-refractivity contribution in [2.45, 2.75) is 45.1 Å². The zero-order valence-electron chi connectivity index (χ0n) is 13.5. The van der Waals surface area contributed by atoms with Crippen molar-refractivity contribution in [1.29, 1.82) is 0 Å². The van der Waals surface area contributed by atoms with Gasteiger partial charge in [0.15, 0.2) is 0 Å². The summed E-state index contributed by atoms with van der Waals surface area (Å²) in [7, 11) is 0. The molecule has 22 heavy (non-hydrogen) atoms. The Morgan fingerprint density at radius 1 is 1.36 bits per heavy atom. The minimum absolute atomic E-state index is 0. The summed E-state index contributed by atoms with van der Waals surface area (Å²) >= 11 is 0. The molecule has 0 aliphatic carbocycles. The quantitative estimate of drug-likeness (QED) is 0.874. The number of rotatable bonds is 6. The van der Waals surface area contributed by atoms with Crippen molar-refractivity contribution in [2.75, 3.05) is 19.7 Å². The first-order valence-electron chi connectivity index (χ1n) is 7.84. The highest BCUT2D eigenvalue weighted by atomic mass is 35.5. The molecule has 0 saturated carbocycles. The van der Waals surface area contributed by atoms with Crippen LogP contribution in [0.25, 0.3) is 0 Å². The van der Waals surface area contributed by atoms with E-state index in [0.29, 0.717) is 25.5 Å². The number of ether oxygens (including phenoxy) is 1. The van der Waals surface area contributed by atoms with Crippen molar-refractivity contribution >= 4 is 18.3 Å². The third-order valence-electron chi connectivity index (χ3n) is 4.10. The Hall–Kier alpha value is -1.26. The van der Waals surface area contributed by atoms with Gasteiger partial charge in [0.05, 0.1) is 13.0 Å². The van der Waals surface area contributed by atoms with Gasteiger partial charge in [0.2, 0.25) is 5.91 Å². The molecule has 0 spiro atoms. The zero-order chi connectivity index (χ0) is 15.2. The van der Waals surface area contributed by atoms with Gasteiger partial charge < -0.3 is 15.4 Å². The van der Waals surface area contributed by atoms with Crippen molar-refractivity contribution in [2.24, 2.45) is 5.73 Å². The molecular formula is C17H27ClN2O2. The summed E-state index contributed by atoms with van der Waals surface area (Å²) in [5.74, 6) is 1.50. The van der Waals surface area contributed by atoms with Gasteiger partial charge in [0, 0.05) is 19.1 Å². The molecule has 1 aliphatic rings. The Kier molecular flexibility index (Phi) is 7.69. The molecule has 5 heteroatoms. The van der Waals surface area contributed by atoms with Crippen LogP contribution in [-0.4, -0.2) is 36.5 Å². The van der Waals surface area contributed by atoms with Gasteiger partial charge in [-0.1, -0.05) is 26.0 Å². The fraction of sp³-hybridized carbons (Fsp3) is 0.588. The zero-order valence-corrected chi connectivity index (χ0v) is 14.3. The molecule has 2 N–H and O–H groups in total. The van der Waals surface area contributed by atoms with Crippen LogP contribution in [0.2, 0.25) is 0 Å². The first-order valence-corrected chi connectivity index (χ1v) is 7.84. The Morgan fingerprint density at radius 3 is 2.64 bits per heavy atom. The van der Waals surface area contributed by atoms with Crippen molar-refractivity contribution in [3.63, 3.8) is 0 Å². The Balaban J connectivity index is 0.00000242. The number of nitrogens with two attached hydrogens (primary N) is 1. The van der Waals surface area contributed by atoms with E-state index in [4.69, 9.17) is 10.5 Å². The number of carbonyl (C=O) groups is 1. The molecule has 2 rings (SSSR count). The second kappa shape index (κ2) is 9.01. The van der Waals surface area contributed by atoms with Crippen molar-refractivity contribution in [3.8, 4) is 5.75 Å². The number of hydrogen-bond donors (Lipinski definition) is 1. The van der Waals surface area contributed by atoms with Crippen molar-refractivity contribution in [3.05, 3.63) is 29.8 Å². The molecule has 124 valence electrons. The topological polar surface area (TPSA) is 55.6 Å². The van der Waals surface area contributed by atoms with E-state index in [9.17, 15) is 4.79 Å². The predicted molar refractivity (Wildman–Crippen MR) is 91.7 cm³/mol. The maximum Gasteiger partial charge on any atom is 0.226 e. The first-order chi connectivity index (χ1) is 10.1. The first kappa shape index (κ1) is 18.8. The monoisotopic (exact) mass is 326 g/mol. The van der Waals surface area contributed by atoms with Gasteiger partial charge in [0.1, 0.15) is 5.75 Å². The normalized spacial score (nSPS) is 17.5. The molecule has 1 amide bonds. The molecule has 1 atom stereocenters. The SMILES string of the molecule is CC(C)c1ccc(OCCC(=O)N2CCCC2CN)cc1.Cl. The van der Waals surface area contributed by atoms with Gasteiger partial charge in [-0.3, -0.25) is 4.79 Å². The van der Waals surface area contributed by atoms with E-state index in [1.165, 1.54) is 5.56 Å². The van der Waals surface area contributed by atoms with Crippen LogP contribution in [-0.2, 0) is 4.79 Å². The van der Waals surface area contributed by atoms with E-state index < -0.39 is 0 Å². The molecule has 1 saturated heterocycles. The standard InChI is InChI=1S/C17H26N2O2.ClH/c1-13(2)14-5-7-16(8-6-14)21-11-9-17(20)19-10-3-4-15(19)12-18;/h5-8,13,15H,3-4,9-12,18H2,1-2H3;1H. The molecule has 4 nitrogen and oxygen atoms in total. The minimum Gasteiger partial charge on any atom is -0.493 e. The molecule has 1 aliphatic heterocycles. The highest BCUT2D eigenvalue weighted by Crippen LogP contribution is 2.20. The van der Waals surface area contributed by atoms with Crippen LogP contribution >= 0.6 is 12.4 Å². The average molecular weight is 327 g/mol. The molecule has 1 aromatic rings. The molecule has 1 unspecified atom stereocenters. The number of amides is 1. The fourth-order valence-electron chi connectivity index (χ4n) is 2.76. The van der Waals surface area contributed by atoms with Crippen LogP contribution < -0.4 is 10.5 Å². The Labute approximate surface area is 139 Å². The lowest BCUT2D eigenvalue weighted by atomic mass is 10.0. The highest BCUT2D eigenvalue weighted by Gasteiger charge is 2.26. The number of carbonyl (C=O) groups excluding carboxylic acids is 1. The van der Waals surface area contributed by atoms with Crippen molar-refractivity contribution < 1.29 is 9.53 Å². The van der Waals surface area contributed by atoms with Gasteiger partial charge in [-0.15, -0.1) is 12.4 Å². The predicted octanol–water partition coefficient (Wildman–Crippen LogP) is 2.95. The number of halogens is 1. The summed E-state index contributed by atoms with van der Waals surface area (Å²) in [6, 6.07) is 8.32. The number of hydrogen-bond acceptors (Lipinski definition) is 3. The van der Waals surface area contributed by atoms with Crippen LogP contribution in [0.15, 0.2) is 24.3 Å². The van der Waals surface area contributed by atoms with Crippen LogP contribution in [0, 0.1) is 0 Å². The summed E-state index contributed by atoms with van der Waals surface area (Å²) in [5.41, 5.74) is 6.99. The minimum atomic E-state index is 0. The van der Waals surface area contributed by atoms with E-state index in [-0.39, 0.29) is 24.4 Å². The van der Waals surface area contributed by atoms with Gasteiger partial charge in [-0.05, 0) is 36.5 Å². The number of likely N-dealkylation sites (tertiary alicyclic amines) is 1. The lowest BCUT2D eigenvalue weighted by Gasteiger charge is -2.23. The van der Waals surface area contributed by atoms with Gasteiger partial charge >= 0.3 is 0 Å². The summed E-state index contributed by atoms with van der Waals surface area (Å²) < 4.78 is 5.66. The lowest BCUT2D eigenvalue weighted by Crippen LogP contribution is -2.40. The van der Waals surface area contributed by atoms with Gasteiger partial charge in [-0.25, -0.2) is 0 Å². The smallest absolute Gasteiger partial charge is 0.226 e. The largest absolute Gasteiger partial charge is 0.493 e. The van der Waals surface area contributed by atoms with E-state index in [2.05, 4.69) is 26.0 Å². The van der Waals surface area contributed by atoms with Gasteiger partial charge in [-0.2, -0.15) is 0 Å². The van der Waals surface area contributed by atoms with E-state index in [0.717, 1.165) is 25.1 Å². The maximum atomic E-state index is 12.1. The molecule has 1 fully saturated rings. The lowest BCUT2D eigenvalue weighted by molar-refractivity contribution is -0.132.